The van der Waals surface area contributed by atoms with E-state index in [2.05, 4.69) is 16.5 Å². The Balaban J connectivity index is 3.21. The van der Waals surface area contributed by atoms with Crippen molar-refractivity contribution in [2.75, 3.05) is 5.73 Å². The fourth-order valence-electron chi connectivity index (χ4n) is 1.11. The highest BCUT2D eigenvalue weighted by molar-refractivity contribution is 5.71. The second-order valence-corrected chi connectivity index (χ2v) is 2.70. The van der Waals surface area contributed by atoms with Crippen LogP contribution in [-0.4, -0.2) is 9.97 Å². The number of nitrogens with two attached hydrogens (primary N) is 1. The summed E-state index contributed by atoms with van der Waals surface area (Å²) < 4.78 is 0. The molecule has 0 fully saturated rings. The third-order valence-corrected chi connectivity index (χ3v) is 1.70. The smallest absolute Gasteiger partial charge is 0.220 e. The molecule has 0 aliphatic carbocycles. The minimum Gasteiger partial charge on any atom is -0.368 e. The van der Waals surface area contributed by atoms with Crippen LogP contribution in [0.4, 0.5) is 5.95 Å². The lowest BCUT2D eigenvalue weighted by Crippen LogP contribution is -1.99. The van der Waals surface area contributed by atoms with Crippen LogP contribution in [0.2, 0.25) is 0 Å². The van der Waals surface area contributed by atoms with Gasteiger partial charge in [-0.1, -0.05) is 18.7 Å². The van der Waals surface area contributed by atoms with E-state index in [4.69, 9.17) is 5.73 Å². The topological polar surface area (TPSA) is 51.8 Å². The highest BCUT2D eigenvalue weighted by Crippen LogP contribution is 2.14. The lowest BCUT2D eigenvalue weighted by atomic mass is 10.1. The maximum Gasteiger partial charge on any atom is 0.220 e. The van der Waals surface area contributed by atoms with Gasteiger partial charge < -0.3 is 5.73 Å². The SMILES string of the molecule is C=C/C(=C\C)c1cc(C)nc(N)n1. The summed E-state index contributed by atoms with van der Waals surface area (Å²) in [5.41, 5.74) is 8.18. The predicted octanol–water partition coefficient (Wildman–Crippen LogP) is 1.96. The molecule has 1 rings (SSSR count). The molecular weight excluding hydrogens is 162 g/mol. The zero-order valence-electron chi connectivity index (χ0n) is 7.91. The molecule has 0 aliphatic rings. The summed E-state index contributed by atoms with van der Waals surface area (Å²) in [4.78, 5) is 8.09. The summed E-state index contributed by atoms with van der Waals surface area (Å²) in [6, 6.07) is 1.88. The first-order valence-electron chi connectivity index (χ1n) is 4.07. The molecule has 0 spiro atoms. The van der Waals surface area contributed by atoms with Gasteiger partial charge in [-0.2, -0.15) is 0 Å². The molecule has 2 N–H and O–H groups in total. The minimum atomic E-state index is 0.302. The number of anilines is 1. The molecule has 0 atom stereocenters. The summed E-state index contributed by atoms with van der Waals surface area (Å²) in [5, 5.41) is 0. The maximum absolute atomic E-state index is 5.52. The van der Waals surface area contributed by atoms with Crippen LogP contribution in [-0.2, 0) is 0 Å². The van der Waals surface area contributed by atoms with E-state index in [1.807, 2.05) is 26.0 Å². The molecule has 3 nitrogen and oxygen atoms in total. The zero-order valence-corrected chi connectivity index (χ0v) is 7.91. The van der Waals surface area contributed by atoms with Gasteiger partial charge in [0.25, 0.3) is 0 Å². The van der Waals surface area contributed by atoms with Gasteiger partial charge in [0, 0.05) is 5.69 Å². The minimum absolute atomic E-state index is 0.302. The third-order valence-electron chi connectivity index (χ3n) is 1.70. The molecule has 1 aromatic rings. The molecule has 0 amide bonds. The van der Waals surface area contributed by atoms with Gasteiger partial charge in [0.2, 0.25) is 5.95 Å². The normalized spacial score (nSPS) is 11.4. The quantitative estimate of drug-likeness (QED) is 0.699. The fraction of sp³-hybridized carbons (Fsp3) is 0.200. The van der Waals surface area contributed by atoms with Crippen molar-refractivity contribution in [1.82, 2.24) is 9.97 Å². The molecule has 0 aromatic carbocycles. The number of rotatable bonds is 2. The molecule has 0 saturated heterocycles. The fourth-order valence-corrected chi connectivity index (χ4v) is 1.11. The first-order chi connectivity index (χ1) is 6.17. The number of nitrogen functional groups attached to an aromatic ring is 1. The molecular formula is C10H13N3. The number of aromatic nitrogens is 2. The molecule has 68 valence electrons. The van der Waals surface area contributed by atoms with Crippen molar-refractivity contribution < 1.29 is 0 Å². The van der Waals surface area contributed by atoms with Crippen LogP contribution in [0.25, 0.3) is 5.57 Å². The van der Waals surface area contributed by atoms with Gasteiger partial charge in [0.1, 0.15) is 0 Å². The average Bonchev–Trinajstić information content (AvgIpc) is 2.04. The molecule has 3 heteroatoms. The Morgan fingerprint density at radius 2 is 2.23 bits per heavy atom. The second-order valence-electron chi connectivity index (χ2n) is 2.70. The summed E-state index contributed by atoms with van der Waals surface area (Å²) in [5.74, 6) is 0.302. The van der Waals surface area contributed by atoms with Gasteiger partial charge in [0.15, 0.2) is 0 Å². The highest BCUT2D eigenvalue weighted by atomic mass is 15.0. The van der Waals surface area contributed by atoms with Gasteiger partial charge in [-0.25, -0.2) is 9.97 Å². The van der Waals surface area contributed by atoms with Crippen LogP contribution in [0.15, 0.2) is 24.8 Å². The Morgan fingerprint density at radius 1 is 1.54 bits per heavy atom. The summed E-state index contributed by atoms with van der Waals surface area (Å²) >= 11 is 0. The van der Waals surface area contributed by atoms with E-state index in [9.17, 15) is 0 Å². The van der Waals surface area contributed by atoms with E-state index < -0.39 is 0 Å². The van der Waals surface area contributed by atoms with Crippen molar-refractivity contribution in [3.05, 3.63) is 36.2 Å². The Bertz CT molecular complexity index is 333. The van der Waals surface area contributed by atoms with Crippen LogP contribution in [0, 0.1) is 6.92 Å². The first kappa shape index (κ1) is 9.45. The number of aryl methyl sites for hydroxylation is 1. The Hall–Kier alpha value is -1.64. The summed E-state index contributed by atoms with van der Waals surface area (Å²) in [7, 11) is 0. The summed E-state index contributed by atoms with van der Waals surface area (Å²) in [6.45, 7) is 7.52. The van der Waals surface area contributed by atoms with E-state index in [0.29, 0.717) is 5.95 Å². The molecule has 1 heterocycles. The van der Waals surface area contributed by atoms with Crippen LogP contribution in [0.3, 0.4) is 0 Å². The van der Waals surface area contributed by atoms with Crippen LogP contribution in [0.1, 0.15) is 18.3 Å². The number of hydrogen-bond acceptors (Lipinski definition) is 3. The van der Waals surface area contributed by atoms with E-state index in [-0.39, 0.29) is 0 Å². The van der Waals surface area contributed by atoms with Gasteiger partial charge in [0.05, 0.1) is 5.69 Å². The van der Waals surface area contributed by atoms with Crippen molar-refractivity contribution in [3.8, 4) is 0 Å². The Morgan fingerprint density at radius 3 is 2.69 bits per heavy atom. The van der Waals surface area contributed by atoms with Crippen molar-refractivity contribution in [2.45, 2.75) is 13.8 Å². The maximum atomic E-state index is 5.52. The van der Waals surface area contributed by atoms with Crippen LogP contribution < -0.4 is 5.73 Å². The predicted molar refractivity (Wildman–Crippen MR) is 55.0 cm³/mol. The monoisotopic (exact) mass is 175 g/mol. The Kier molecular flexibility index (Phi) is 2.80. The molecule has 0 unspecified atom stereocenters. The number of nitrogens with zero attached hydrogens (tertiary/aromatic N) is 2. The summed E-state index contributed by atoms with van der Waals surface area (Å²) in [6.07, 6.45) is 3.69. The average molecular weight is 175 g/mol. The van der Waals surface area contributed by atoms with Crippen molar-refractivity contribution in [1.29, 1.82) is 0 Å². The number of allylic oxidation sites excluding steroid dienone is 3. The van der Waals surface area contributed by atoms with E-state index in [1.54, 1.807) is 6.08 Å². The van der Waals surface area contributed by atoms with Crippen molar-refractivity contribution >= 4 is 11.5 Å². The third kappa shape index (κ3) is 2.15. The molecule has 0 bridgehead atoms. The second kappa shape index (κ2) is 3.85. The first-order valence-corrected chi connectivity index (χ1v) is 4.07. The van der Waals surface area contributed by atoms with E-state index >= 15 is 0 Å². The lowest BCUT2D eigenvalue weighted by molar-refractivity contribution is 1.10. The number of hydrogen-bond donors (Lipinski definition) is 1. The zero-order chi connectivity index (χ0) is 9.84. The molecule has 13 heavy (non-hydrogen) atoms. The largest absolute Gasteiger partial charge is 0.368 e. The molecule has 0 radical (unpaired) electrons. The van der Waals surface area contributed by atoms with Gasteiger partial charge in [-0.15, -0.1) is 0 Å². The van der Waals surface area contributed by atoms with Gasteiger partial charge in [-0.3, -0.25) is 0 Å². The molecule has 0 aliphatic heterocycles. The van der Waals surface area contributed by atoms with Gasteiger partial charge in [-0.05, 0) is 25.5 Å². The standard InChI is InChI=1S/C10H13N3/c1-4-8(5-2)9-6-7(3)12-10(11)13-9/h4-6H,1H2,2-3H3,(H2,11,12,13)/b8-5+. The van der Waals surface area contributed by atoms with Crippen LogP contribution >= 0.6 is 0 Å². The van der Waals surface area contributed by atoms with Crippen molar-refractivity contribution in [3.63, 3.8) is 0 Å². The molecule has 1 aromatic heterocycles. The van der Waals surface area contributed by atoms with Gasteiger partial charge >= 0.3 is 0 Å². The van der Waals surface area contributed by atoms with E-state index in [0.717, 1.165) is 17.0 Å². The Labute approximate surface area is 78.0 Å². The lowest BCUT2D eigenvalue weighted by Gasteiger charge is -2.02. The van der Waals surface area contributed by atoms with Crippen LogP contribution in [0.5, 0.6) is 0 Å². The molecule has 0 saturated carbocycles. The highest BCUT2D eigenvalue weighted by Gasteiger charge is 2.01. The van der Waals surface area contributed by atoms with E-state index in [1.165, 1.54) is 0 Å². The van der Waals surface area contributed by atoms with Crippen molar-refractivity contribution in [2.24, 2.45) is 0 Å².